The minimum Gasteiger partial charge on any atom is -0.507 e. The zero-order valence-corrected chi connectivity index (χ0v) is 20.7. The van der Waals surface area contributed by atoms with E-state index in [0.717, 1.165) is 5.56 Å². The van der Waals surface area contributed by atoms with Gasteiger partial charge in [0.25, 0.3) is 5.78 Å². The minimum absolute atomic E-state index is 0.0111. The summed E-state index contributed by atoms with van der Waals surface area (Å²) >= 11 is 1.21. The van der Waals surface area contributed by atoms with Crippen molar-refractivity contribution in [2.45, 2.75) is 39.2 Å². The van der Waals surface area contributed by atoms with Gasteiger partial charge in [0, 0.05) is 5.56 Å². The van der Waals surface area contributed by atoms with Crippen LogP contribution in [0.1, 0.15) is 48.5 Å². The summed E-state index contributed by atoms with van der Waals surface area (Å²) in [7, 11) is 0. The predicted molar refractivity (Wildman–Crippen MR) is 132 cm³/mol. The van der Waals surface area contributed by atoms with Crippen molar-refractivity contribution in [2.24, 2.45) is 0 Å². The second kappa shape index (κ2) is 8.49. The molecule has 8 nitrogen and oxygen atoms in total. The Labute approximate surface area is 206 Å². The van der Waals surface area contributed by atoms with Gasteiger partial charge in [-0.1, -0.05) is 56.4 Å². The lowest BCUT2D eigenvalue weighted by atomic mass is 9.85. The number of hydrogen-bond donors (Lipinski definition) is 1. The third kappa shape index (κ3) is 4.05. The highest BCUT2D eigenvalue weighted by atomic mass is 32.1. The highest BCUT2D eigenvalue weighted by molar-refractivity contribution is 7.15. The molecule has 0 unspecified atom stereocenters. The van der Waals surface area contributed by atoms with Crippen LogP contribution in [0.3, 0.4) is 0 Å². The number of nitrogens with zero attached hydrogens (tertiary/aromatic N) is 3. The lowest BCUT2D eigenvalue weighted by Gasteiger charge is -2.24. The van der Waals surface area contributed by atoms with Gasteiger partial charge in [0.2, 0.25) is 5.13 Å². The second-order valence-corrected chi connectivity index (χ2v) is 10.7. The van der Waals surface area contributed by atoms with Gasteiger partial charge in [-0.25, -0.2) is 0 Å². The van der Waals surface area contributed by atoms with Crippen molar-refractivity contribution in [3.8, 4) is 11.5 Å². The van der Waals surface area contributed by atoms with Crippen molar-refractivity contribution >= 4 is 33.9 Å². The van der Waals surface area contributed by atoms with Gasteiger partial charge in [0.1, 0.15) is 24.0 Å². The maximum atomic E-state index is 13.3. The topological polar surface area (TPSA) is 102 Å². The molecule has 0 radical (unpaired) electrons. The summed E-state index contributed by atoms with van der Waals surface area (Å²) in [6, 6.07) is 11.8. The first-order chi connectivity index (χ1) is 16.6. The number of fused-ring (bicyclic) bond motifs is 1. The summed E-state index contributed by atoms with van der Waals surface area (Å²) in [5.74, 6) is -0.790. The molecule has 1 N–H and O–H groups in total. The van der Waals surface area contributed by atoms with E-state index in [1.807, 2.05) is 24.3 Å². The smallest absolute Gasteiger partial charge is 0.301 e. The molecule has 9 heteroatoms. The van der Waals surface area contributed by atoms with Crippen LogP contribution >= 0.6 is 11.3 Å². The number of carbonyl (C=O) groups excluding carboxylic acids is 2. The normalized spacial score (nSPS) is 19.3. The Hall–Kier alpha value is -3.72. The van der Waals surface area contributed by atoms with Gasteiger partial charge in [-0.2, -0.15) is 0 Å². The number of ketones is 1. The molecule has 0 spiro atoms. The Morgan fingerprint density at radius 2 is 1.71 bits per heavy atom. The average Bonchev–Trinajstić information content (AvgIpc) is 3.38. The molecule has 0 aliphatic carbocycles. The number of aliphatic hydroxyl groups excluding tert-OH is 1. The highest BCUT2D eigenvalue weighted by Gasteiger charge is 2.48. The molecule has 35 heavy (non-hydrogen) atoms. The molecule has 2 aromatic carbocycles. The fourth-order valence-corrected chi connectivity index (χ4v) is 4.95. The van der Waals surface area contributed by atoms with Crippen LogP contribution < -0.4 is 14.4 Å². The van der Waals surface area contributed by atoms with Gasteiger partial charge in [-0.3, -0.25) is 14.5 Å². The molecule has 180 valence electrons. The Bertz CT molecular complexity index is 1350. The molecular weight excluding hydrogens is 466 g/mol. The number of benzene rings is 2. The van der Waals surface area contributed by atoms with E-state index in [1.54, 1.807) is 25.1 Å². The van der Waals surface area contributed by atoms with Gasteiger partial charge < -0.3 is 14.6 Å². The zero-order valence-electron chi connectivity index (χ0n) is 19.9. The molecule has 0 saturated carbocycles. The van der Waals surface area contributed by atoms with Gasteiger partial charge >= 0.3 is 5.91 Å². The monoisotopic (exact) mass is 491 g/mol. The Kier molecular flexibility index (Phi) is 5.59. The van der Waals surface area contributed by atoms with Crippen LogP contribution in [0.15, 0.2) is 48.0 Å². The van der Waals surface area contributed by atoms with Crippen LogP contribution in [0.5, 0.6) is 11.5 Å². The summed E-state index contributed by atoms with van der Waals surface area (Å²) < 4.78 is 11.2. The molecule has 2 aliphatic rings. The SMILES string of the molecule is Cc1nnc(N2C(=O)C(=O)C(=C(O)c3ccc4c(c3)OCCO4)[C@H]2c2ccc(C(C)(C)C)cc2)s1. The molecule has 1 aromatic heterocycles. The van der Waals surface area contributed by atoms with Crippen molar-refractivity contribution in [3.63, 3.8) is 0 Å². The maximum Gasteiger partial charge on any atom is 0.301 e. The molecule has 3 heterocycles. The van der Waals surface area contributed by atoms with Gasteiger partial charge in [-0.05, 0) is 41.7 Å². The molecule has 1 amide bonds. The van der Waals surface area contributed by atoms with Crippen LogP contribution in [0.25, 0.3) is 5.76 Å². The van der Waals surface area contributed by atoms with Gasteiger partial charge in [0.05, 0.1) is 11.6 Å². The summed E-state index contributed by atoms with van der Waals surface area (Å²) in [6.45, 7) is 8.94. The Morgan fingerprint density at radius 3 is 2.34 bits per heavy atom. The van der Waals surface area contributed by atoms with Crippen molar-refractivity contribution in [2.75, 3.05) is 18.1 Å². The summed E-state index contributed by atoms with van der Waals surface area (Å²) in [4.78, 5) is 27.9. The van der Waals surface area contributed by atoms with Crippen molar-refractivity contribution in [1.29, 1.82) is 0 Å². The third-order valence-corrected chi connectivity index (χ3v) is 6.91. The molecule has 3 aromatic rings. The molecule has 5 rings (SSSR count). The first-order valence-corrected chi connectivity index (χ1v) is 12.1. The minimum atomic E-state index is -0.857. The first kappa shape index (κ1) is 23.0. The summed E-state index contributed by atoms with van der Waals surface area (Å²) in [6.07, 6.45) is 0. The van der Waals surface area contributed by atoms with Gasteiger partial charge in [-0.15, -0.1) is 10.2 Å². The van der Waals surface area contributed by atoms with E-state index in [1.165, 1.54) is 16.2 Å². The van der Waals surface area contributed by atoms with Crippen LogP contribution in [-0.2, 0) is 15.0 Å². The molecule has 1 saturated heterocycles. The standard InChI is InChI=1S/C26H25N3O5S/c1-14-27-28-25(35-14)29-21(15-5-8-17(9-6-15)26(2,3)4)20(23(31)24(29)32)22(30)16-7-10-18-19(13-16)34-12-11-33-18/h5-10,13,21,30H,11-12H2,1-4H3/t21-/m1/s1. The van der Waals surface area contributed by atoms with Crippen LogP contribution in [0, 0.1) is 6.92 Å². The number of aliphatic hydroxyl groups is 1. The average molecular weight is 492 g/mol. The Morgan fingerprint density at radius 1 is 1.03 bits per heavy atom. The fraction of sp³-hybridized carbons (Fsp3) is 0.308. The number of aromatic nitrogens is 2. The molecule has 1 fully saturated rings. The largest absolute Gasteiger partial charge is 0.507 e. The van der Waals surface area contributed by atoms with E-state index in [9.17, 15) is 14.7 Å². The van der Waals surface area contributed by atoms with E-state index >= 15 is 0 Å². The van der Waals surface area contributed by atoms with E-state index in [2.05, 4.69) is 31.0 Å². The predicted octanol–water partition coefficient (Wildman–Crippen LogP) is 4.54. The van der Waals surface area contributed by atoms with Crippen molar-refractivity contribution < 1.29 is 24.2 Å². The summed E-state index contributed by atoms with van der Waals surface area (Å²) in [5.41, 5.74) is 2.07. The number of amides is 1. The number of ether oxygens (including phenoxy) is 2. The van der Waals surface area contributed by atoms with Crippen molar-refractivity contribution in [1.82, 2.24) is 10.2 Å². The number of rotatable bonds is 3. The number of hydrogen-bond acceptors (Lipinski definition) is 8. The van der Waals surface area contributed by atoms with E-state index < -0.39 is 17.7 Å². The summed E-state index contributed by atoms with van der Waals surface area (Å²) in [5, 5.41) is 20.5. The van der Waals surface area contributed by atoms with Crippen LogP contribution in [-0.4, -0.2) is 40.2 Å². The highest BCUT2D eigenvalue weighted by Crippen LogP contribution is 2.44. The molecule has 2 aliphatic heterocycles. The van der Waals surface area contributed by atoms with E-state index in [-0.39, 0.29) is 16.7 Å². The maximum absolute atomic E-state index is 13.3. The number of carbonyl (C=O) groups is 2. The van der Waals surface area contributed by atoms with Crippen LogP contribution in [0.4, 0.5) is 5.13 Å². The van der Waals surface area contributed by atoms with Crippen LogP contribution in [0.2, 0.25) is 0 Å². The number of aryl methyl sites for hydroxylation is 1. The molecule has 0 bridgehead atoms. The fourth-order valence-electron chi connectivity index (χ4n) is 4.24. The Balaban J connectivity index is 1.67. The van der Waals surface area contributed by atoms with E-state index in [4.69, 9.17) is 9.47 Å². The lowest BCUT2D eigenvalue weighted by molar-refractivity contribution is -0.132. The number of anilines is 1. The van der Waals surface area contributed by atoms with Crippen molar-refractivity contribution in [3.05, 3.63) is 69.7 Å². The first-order valence-electron chi connectivity index (χ1n) is 11.3. The molecule has 1 atom stereocenters. The molecular formula is C26H25N3O5S. The zero-order chi connectivity index (χ0) is 24.9. The quantitative estimate of drug-likeness (QED) is 0.326. The van der Waals surface area contributed by atoms with Gasteiger partial charge in [0.15, 0.2) is 11.5 Å². The number of Topliss-reactive ketones (excluding diaryl/α,β-unsaturated/α-hetero) is 1. The lowest BCUT2D eigenvalue weighted by Crippen LogP contribution is -2.29. The third-order valence-electron chi connectivity index (χ3n) is 6.07. The second-order valence-electron chi connectivity index (χ2n) is 9.50. The van der Waals surface area contributed by atoms with E-state index in [0.29, 0.717) is 46.0 Å².